The standard InChI is InChI=1S/C16H12ClN3O3/c1-18-14-12-8-7-10(17)9-13(12)19(11-5-3-2-4-6-11)16(21)15(14)20(22)23/h2-9,18H,1H3. The number of nitrogens with one attached hydrogen (secondary N) is 1. The Morgan fingerprint density at radius 1 is 1.17 bits per heavy atom. The summed E-state index contributed by atoms with van der Waals surface area (Å²) in [4.78, 5) is 23.5. The van der Waals surface area contributed by atoms with Gasteiger partial charge in [0, 0.05) is 23.1 Å². The summed E-state index contributed by atoms with van der Waals surface area (Å²) in [6.07, 6.45) is 0. The number of rotatable bonds is 3. The van der Waals surface area contributed by atoms with E-state index in [1.807, 2.05) is 0 Å². The lowest BCUT2D eigenvalue weighted by Crippen LogP contribution is -2.23. The topological polar surface area (TPSA) is 77.2 Å². The average Bonchev–Trinajstić information content (AvgIpc) is 2.54. The van der Waals surface area contributed by atoms with E-state index in [-0.39, 0.29) is 5.69 Å². The Bertz CT molecular complexity index is 968. The maximum absolute atomic E-state index is 12.8. The molecule has 0 atom stereocenters. The third kappa shape index (κ3) is 2.43. The monoisotopic (exact) mass is 329 g/mol. The number of nitro groups is 1. The molecule has 7 heteroatoms. The minimum Gasteiger partial charge on any atom is -0.382 e. The van der Waals surface area contributed by atoms with Crippen LogP contribution in [-0.4, -0.2) is 16.5 Å². The van der Waals surface area contributed by atoms with Gasteiger partial charge in [-0.15, -0.1) is 0 Å². The number of anilines is 1. The molecule has 6 nitrogen and oxygen atoms in total. The van der Waals surface area contributed by atoms with Gasteiger partial charge in [0.05, 0.1) is 10.4 Å². The van der Waals surface area contributed by atoms with Crippen molar-refractivity contribution in [3.05, 3.63) is 74.0 Å². The van der Waals surface area contributed by atoms with Gasteiger partial charge < -0.3 is 5.32 Å². The van der Waals surface area contributed by atoms with Crippen LogP contribution in [0.1, 0.15) is 0 Å². The van der Waals surface area contributed by atoms with Gasteiger partial charge in [0.1, 0.15) is 5.69 Å². The molecule has 0 aliphatic carbocycles. The fourth-order valence-corrected chi connectivity index (χ4v) is 2.77. The van der Waals surface area contributed by atoms with Crippen molar-refractivity contribution in [1.82, 2.24) is 4.57 Å². The summed E-state index contributed by atoms with van der Waals surface area (Å²) < 4.78 is 1.31. The summed E-state index contributed by atoms with van der Waals surface area (Å²) in [5.41, 5.74) is 0.0181. The molecular formula is C16H12ClN3O3. The molecule has 0 radical (unpaired) electrons. The van der Waals surface area contributed by atoms with Crippen LogP contribution in [0.25, 0.3) is 16.6 Å². The Morgan fingerprint density at radius 2 is 1.87 bits per heavy atom. The number of pyridine rings is 1. The van der Waals surface area contributed by atoms with Crippen LogP contribution in [-0.2, 0) is 0 Å². The maximum Gasteiger partial charge on any atom is 0.357 e. The second-order valence-electron chi connectivity index (χ2n) is 4.87. The summed E-state index contributed by atoms with van der Waals surface area (Å²) in [5, 5.41) is 15.2. The minimum atomic E-state index is -0.708. The summed E-state index contributed by atoms with van der Waals surface area (Å²) in [6.45, 7) is 0. The fraction of sp³-hybridized carbons (Fsp3) is 0.0625. The van der Waals surface area contributed by atoms with Gasteiger partial charge in [-0.05, 0) is 30.3 Å². The highest BCUT2D eigenvalue weighted by Gasteiger charge is 2.25. The third-order valence-corrected chi connectivity index (χ3v) is 3.79. The molecule has 23 heavy (non-hydrogen) atoms. The normalized spacial score (nSPS) is 10.7. The van der Waals surface area contributed by atoms with Crippen molar-refractivity contribution >= 4 is 33.9 Å². The fourth-order valence-electron chi connectivity index (χ4n) is 2.61. The second kappa shape index (κ2) is 5.73. The van der Waals surface area contributed by atoms with Crippen molar-refractivity contribution in [2.24, 2.45) is 0 Å². The lowest BCUT2D eigenvalue weighted by Gasteiger charge is -2.14. The molecule has 3 rings (SSSR count). The largest absolute Gasteiger partial charge is 0.382 e. The Balaban J connectivity index is 2.57. The van der Waals surface area contributed by atoms with E-state index in [1.54, 1.807) is 55.6 Å². The molecule has 2 aromatic carbocycles. The van der Waals surface area contributed by atoms with Gasteiger partial charge in [-0.25, -0.2) is 0 Å². The minimum absolute atomic E-state index is 0.179. The van der Waals surface area contributed by atoms with E-state index in [9.17, 15) is 14.9 Å². The number of benzene rings is 2. The highest BCUT2D eigenvalue weighted by molar-refractivity contribution is 6.31. The van der Waals surface area contributed by atoms with Crippen LogP contribution in [0.15, 0.2) is 53.3 Å². The Labute approximate surface area is 136 Å². The Hall–Kier alpha value is -2.86. The van der Waals surface area contributed by atoms with Crippen LogP contribution in [0.4, 0.5) is 11.4 Å². The zero-order chi connectivity index (χ0) is 16.6. The molecule has 0 aliphatic rings. The lowest BCUT2D eigenvalue weighted by molar-refractivity contribution is -0.385. The van der Waals surface area contributed by atoms with Crippen molar-refractivity contribution < 1.29 is 4.92 Å². The first-order chi connectivity index (χ1) is 11.0. The maximum atomic E-state index is 12.8. The molecule has 0 saturated carbocycles. The molecule has 1 N–H and O–H groups in total. The van der Waals surface area contributed by atoms with Crippen LogP contribution < -0.4 is 10.9 Å². The highest BCUT2D eigenvalue weighted by Crippen LogP contribution is 2.32. The molecule has 0 aliphatic heterocycles. The SMILES string of the molecule is CNc1c([N+](=O)[O-])c(=O)n(-c2ccccc2)c2cc(Cl)ccc12. The molecule has 1 heterocycles. The number of hydrogen-bond acceptors (Lipinski definition) is 4. The number of halogens is 1. The first-order valence-electron chi connectivity index (χ1n) is 6.80. The second-order valence-corrected chi connectivity index (χ2v) is 5.30. The van der Waals surface area contributed by atoms with E-state index in [2.05, 4.69) is 5.32 Å². The van der Waals surface area contributed by atoms with Gasteiger partial charge in [-0.2, -0.15) is 0 Å². The molecule has 116 valence electrons. The third-order valence-electron chi connectivity index (χ3n) is 3.56. The highest BCUT2D eigenvalue weighted by atomic mass is 35.5. The van der Waals surface area contributed by atoms with Crippen molar-refractivity contribution in [1.29, 1.82) is 0 Å². The van der Waals surface area contributed by atoms with Crippen LogP contribution in [0.2, 0.25) is 5.02 Å². The van der Waals surface area contributed by atoms with E-state index in [0.717, 1.165) is 0 Å². The summed E-state index contributed by atoms with van der Waals surface area (Å²) in [5.74, 6) is 0. The Kier molecular flexibility index (Phi) is 3.75. The number of nitrogens with zero attached hydrogens (tertiary/aromatic N) is 2. The van der Waals surface area contributed by atoms with Crippen LogP contribution in [0, 0.1) is 10.1 Å². The lowest BCUT2D eigenvalue weighted by atomic mass is 10.1. The molecule has 0 spiro atoms. The smallest absolute Gasteiger partial charge is 0.357 e. The molecule has 1 aromatic heterocycles. The number of fused-ring (bicyclic) bond motifs is 1. The predicted molar refractivity (Wildman–Crippen MR) is 90.8 cm³/mol. The van der Waals surface area contributed by atoms with Gasteiger partial charge >= 0.3 is 11.2 Å². The number of hydrogen-bond donors (Lipinski definition) is 1. The van der Waals surface area contributed by atoms with Gasteiger partial charge in [0.15, 0.2) is 0 Å². The summed E-state index contributed by atoms with van der Waals surface area (Å²) in [7, 11) is 1.54. The van der Waals surface area contributed by atoms with Gasteiger partial charge in [0.25, 0.3) is 0 Å². The van der Waals surface area contributed by atoms with Crippen molar-refractivity contribution in [3.63, 3.8) is 0 Å². The first kappa shape index (κ1) is 15.1. The zero-order valence-corrected chi connectivity index (χ0v) is 12.9. The van der Waals surface area contributed by atoms with Crippen LogP contribution in [0.5, 0.6) is 0 Å². The Morgan fingerprint density at radius 3 is 2.48 bits per heavy atom. The van der Waals surface area contributed by atoms with Crippen LogP contribution >= 0.6 is 11.6 Å². The molecular weight excluding hydrogens is 318 g/mol. The van der Waals surface area contributed by atoms with E-state index in [0.29, 0.717) is 21.6 Å². The van der Waals surface area contributed by atoms with E-state index in [1.165, 1.54) is 4.57 Å². The molecule has 0 amide bonds. The number of aromatic nitrogens is 1. The van der Waals surface area contributed by atoms with Crippen LogP contribution in [0.3, 0.4) is 0 Å². The molecule has 0 fully saturated rings. The number of para-hydroxylation sites is 1. The molecule has 3 aromatic rings. The van der Waals surface area contributed by atoms with Crippen molar-refractivity contribution in [2.45, 2.75) is 0 Å². The zero-order valence-electron chi connectivity index (χ0n) is 12.1. The van der Waals surface area contributed by atoms with Crippen molar-refractivity contribution in [2.75, 3.05) is 12.4 Å². The molecule has 0 unspecified atom stereocenters. The average molecular weight is 330 g/mol. The van der Waals surface area contributed by atoms with E-state index >= 15 is 0 Å². The van der Waals surface area contributed by atoms with Gasteiger partial charge in [0.2, 0.25) is 0 Å². The molecule has 0 saturated heterocycles. The first-order valence-corrected chi connectivity index (χ1v) is 7.18. The van der Waals surface area contributed by atoms with Gasteiger partial charge in [-0.3, -0.25) is 19.5 Å². The van der Waals surface area contributed by atoms with E-state index < -0.39 is 16.2 Å². The van der Waals surface area contributed by atoms with Crippen molar-refractivity contribution in [3.8, 4) is 5.69 Å². The van der Waals surface area contributed by atoms with Gasteiger partial charge in [-0.1, -0.05) is 29.8 Å². The molecule has 0 bridgehead atoms. The summed E-state index contributed by atoms with van der Waals surface area (Å²) in [6, 6.07) is 13.7. The summed E-state index contributed by atoms with van der Waals surface area (Å²) >= 11 is 6.06. The predicted octanol–water partition coefficient (Wildman–Crippen LogP) is 3.59. The quantitative estimate of drug-likeness (QED) is 0.588. The van der Waals surface area contributed by atoms with E-state index in [4.69, 9.17) is 11.6 Å².